The molecule has 0 aliphatic carbocycles. The topological polar surface area (TPSA) is 29.4 Å². The number of hydrogen-bond donors (Lipinski definition) is 0. The average Bonchev–Trinajstić information content (AvgIpc) is 1.88. The van der Waals surface area contributed by atoms with E-state index in [2.05, 4.69) is 4.99 Å². The van der Waals surface area contributed by atoms with Crippen LogP contribution in [-0.4, -0.2) is 24.2 Å². The number of nitrogens with zero attached hydrogens (tertiary/aromatic N) is 1. The van der Waals surface area contributed by atoms with Crippen LogP contribution < -0.4 is 0 Å². The molecule has 0 saturated carbocycles. The van der Waals surface area contributed by atoms with Crippen molar-refractivity contribution in [2.24, 2.45) is 4.99 Å². The fourth-order valence-corrected chi connectivity index (χ4v) is 0.723. The maximum atomic E-state index is 12.3. The summed E-state index contributed by atoms with van der Waals surface area (Å²) >= 11 is 0. The molecule has 0 bridgehead atoms. The van der Waals surface area contributed by atoms with Gasteiger partial charge in [-0.25, -0.2) is 4.39 Å². The molecule has 0 N–H and O–H groups in total. The molecule has 1 aliphatic heterocycles. The van der Waals surface area contributed by atoms with Gasteiger partial charge in [-0.2, -0.15) is 0 Å². The highest BCUT2D eigenvalue weighted by molar-refractivity contribution is 6.43. The van der Waals surface area contributed by atoms with E-state index >= 15 is 0 Å². The monoisotopic (exact) mass is 141 g/mol. The largest absolute Gasteiger partial charge is 0.293 e. The number of alkyl halides is 1. The van der Waals surface area contributed by atoms with E-state index in [0.717, 1.165) is 0 Å². The molecule has 0 spiro atoms. The number of halogens is 1. The van der Waals surface area contributed by atoms with Crippen LogP contribution in [0.25, 0.3) is 0 Å². The molecule has 1 atom stereocenters. The van der Waals surface area contributed by atoms with Crippen molar-refractivity contribution >= 4 is 11.5 Å². The van der Waals surface area contributed by atoms with Gasteiger partial charge in [-0.05, 0) is 12.2 Å². The molecule has 1 unspecified atom stereocenters. The Bertz CT molecular complexity index is 208. The van der Waals surface area contributed by atoms with E-state index < -0.39 is 6.17 Å². The molecule has 0 fully saturated rings. The minimum absolute atomic E-state index is 0.0887. The van der Waals surface area contributed by atoms with Gasteiger partial charge in [0.25, 0.3) is 0 Å². The number of hydrogen-bond acceptors (Lipinski definition) is 2. The van der Waals surface area contributed by atoms with E-state index in [0.29, 0.717) is 5.71 Å². The van der Waals surface area contributed by atoms with E-state index in [9.17, 15) is 9.18 Å². The molecule has 2 nitrogen and oxygen atoms in total. The first-order valence-electron chi connectivity index (χ1n) is 3.08. The Morgan fingerprint density at radius 1 is 1.90 bits per heavy atom. The van der Waals surface area contributed by atoms with Gasteiger partial charge < -0.3 is 0 Å². The molecule has 10 heavy (non-hydrogen) atoms. The van der Waals surface area contributed by atoms with E-state index in [1.165, 1.54) is 19.1 Å². The lowest BCUT2D eigenvalue weighted by Gasteiger charge is -2.05. The molecule has 0 saturated heterocycles. The third kappa shape index (κ3) is 1.50. The summed E-state index contributed by atoms with van der Waals surface area (Å²) in [5.41, 5.74) is 0.369. The van der Waals surface area contributed by atoms with Crippen LogP contribution in [0, 0.1) is 0 Å². The van der Waals surface area contributed by atoms with Gasteiger partial charge in [0, 0.05) is 6.92 Å². The van der Waals surface area contributed by atoms with Crippen LogP contribution in [-0.2, 0) is 4.79 Å². The number of aliphatic imine (C=N–C) groups is 1. The van der Waals surface area contributed by atoms with Crippen LogP contribution in [0.3, 0.4) is 0 Å². The quantitative estimate of drug-likeness (QED) is 0.534. The zero-order chi connectivity index (χ0) is 7.56. The minimum atomic E-state index is -1.01. The van der Waals surface area contributed by atoms with Crippen molar-refractivity contribution in [1.29, 1.82) is 0 Å². The lowest BCUT2D eigenvalue weighted by atomic mass is 10.2. The third-order valence-electron chi connectivity index (χ3n) is 1.26. The minimum Gasteiger partial charge on any atom is -0.293 e. The highest BCUT2D eigenvalue weighted by Crippen LogP contribution is 2.01. The molecule has 0 aromatic heterocycles. The lowest BCUT2D eigenvalue weighted by molar-refractivity contribution is -0.111. The van der Waals surface area contributed by atoms with Crippen LogP contribution in [0.5, 0.6) is 0 Å². The first-order chi connectivity index (χ1) is 4.70. The van der Waals surface area contributed by atoms with Crippen molar-refractivity contribution < 1.29 is 9.18 Å². The summed E-state index contributed by atoms with van der Waals surface area (Å²) in [6, 6.07) is 0. The van der Waals surface area contributed by atoms with Crippen molar-refractivity contribution in [2.45, 2.75) is 13.1 Å². The van der Waals surface area contributed by atoms with Crippen LogP contribution in [0.2, 0.25) is 0 Å². The number of ketones is 1. The summed E-state index contributed by atoms with van der Waals surface area (Å²) in [5, 5.41) is 0. The Morgan fingerprint density at radius 2 is 2.60 bits per heavy atom. The highest BCUT2D eigenvalue weighted by Gasteiger charge is 2.09. The number of carbonyl (C=O) groups excluding carboxylic acids is 1. The zero-order valence-electron chi connectivity index (χ0n) is 5.67. The molecule has 1 aliphatic rings. The smallest absolute Gasteiger partial charge is 0.177 e. The number of rotatable bonds is 1. The van der Waals surface area contributed by atoms with E-state index in [1.807, 2.05) is 0 Å². The summed E-state index contributed by atoms with van der Waals surface area (Å²) in [6.45, 7) is 1.51. The van der Waals surface area contributed by atoms with E-state index in [4.69, 9.17) is 0 Å². The van der Waals surface area contributed by atoms with Crippen molar-refractivity contribution in [3.63, 3.8) is 0 Å². The van der Waals surface area contributed by atoms with Crippen molar-refractivity contribution in [3.05, 3.63) is 12.2 Å². The molecule has 54 valence electrons. The predicted octanol–water partition coefficient (Wildman–Crippen LogP) is 0.924. The fraction of sp³-hybridized carbons (Fsp3) is 0.429. The van der Waals surface area contributed by atoms with Gasteiger partial charge in [-0.1, -0.05) is 0 Å². The van der Waals surface area contributed by atoms with Crippen molar-refractivity contribution in [2.75, 3.05) is 6.54 Å². The second-order valence-corrected chi connectivity index (χ2v) is 2.16. The Kier molecular flexibility index (Phi) is 1.94. The van der Waals surface area contributed by atoms with Gasteiger partial charge in [0.15, 0.2) is 5.78 Å². The molecule has 0 radical (unpaired) electrons. The van der Waals surface area contributed by atoms with Gasteiger partial charge in [0.1, 0.15) is 6.17 Å². The molecule has 1 heterocycles. The molecule has 1 rings (SSSR count). The van der Waals surface area contributed by atoms with Gasteiger partial charge in [0.2, 0.25) is 0 Å². The molecular formula is C7H8FNO. The number of dihydropyridines is 1. The fourth-order valence-electron chi connectivity index (χ4n) is 0.723. The normalized spacial score (nSPS) is 24.2. The van der Waals surface area contributed by atoms with E-state index in [-0.39, 0.29) is 12.3 Å². The zero-order valence-corrected chi connectivity index (χ0v) is 5.67. The number of allylic oxidation sites excluding steroid dienone is 1. The van der Waals surface area contributed by atoms with Crippen LogP contribution in [0.15, 0.2) is 17.1 Å². The summed E-state index contributed by atoms with van der Waals surface area (Å²) in [4.78, 5) is 14.3. The maximum Gasteiger partial charge on any atom is 0.177 e. The molecule has 0 aromatic carbocycles. The molecule has 0 amide bonds. The van der Waals surface area contributed by atoms with Gasteiger partial charge in [-0.15, -0.1) is 0 Å². The summed E-state index contributed by atoms with van der Waals surface area (Å²) in [7, 11) is 0. The lowest BCUT2D eigenvalue weighted by Crippen LogP contribution is -2.15. The first-order valence-corrected chi connectivity index (χ1v) is 3.08. The van der Waals surface area contributed by atoms with Gasteiger partial charge in [-0.3, -0.25) is 9.79 Å². The standard InChI is InChI=1S/C7H8FNO/c1-5(10)7-3-2-6(8)4-9-7/h2-3,6H,4H2,1H3. The Labute approximate surface area is 58.5 Å². The van der Waals surface area contributed by atoms with Crippen LogP contribution in [0.1, 0.15) is 6.92 Å². The Morgan fingerprint density at radius 3 is 3.00 bits per heavy atom. The van der Waals surface area contributed by atoms with Crippen LogP contribution >= 0.6 is 0 Å². The molecule has 0 aromatic rings. The van der Waals surface area contributed by atoms with E-state index in [1.54, 1.807) is 0 Å². The summed E-state index contributed by atoms with van der Waals surface area (Å²) in [6.07, 6.45) is 1.77. The number of Topliss-reactive ketones (excluding diaryl/α,β-unsaturated/α-hetero) is 1. The number of carbonyl (C=O) groups is 1. The maximum absolute atomic E-state index is 12.3. The van der Waals surface area contributed by atoms with Crippen molar-refractivity contribution in [3.8, 4) is 0 Å². The predicted molar refractivity (Wildman–Crippen MR) is 37.0 cm³/mol. The van der Waals surface area contributed by atoms with Gasteiger partial charge >= 0.3 is 0 Å². The second-order valence-electron chi connectivity index (χ2n) is 2.16. The van der Waals surface area contributed by atoms with Crippen LogP contribution in [0.4, 0.5) is 4.39 Å². The third-order valence-corrected chi connectivity index (χ3v) is 1.26. The summed E-state index contributed by atoms with van der Waals surface area (Å²) < 4.78 is 12.3. The average molecular weight is 141 g/mol. The molecular weight excluding hydrogens is 133 g/mol. The Balaban J connectivity index is 2.67. The molecule has 3 heteroatoms. The first kappa shape index (κ1) is 7.12. The second kappa shape index (κ2) is 2.73. The summed E-state index contributed by atoms with van der Waals surface area (Å²) in [5.74, 6) is -0.108. The Hall–Kier alpha value is -0.990. The highest BCUT2D eigenvalue weighted by atomic mass is 19.1. The van der Waals surface area contributed by atoms with Crippen molar-refractivity contribution in [1.82, 2.24) is 0 Å². The SMILES string of the molecule is CC(=O)C1=NCC(F)C=C1. The van der Waals surface area contributed by atoms with Gasteiger partial charge in [0.05, 0.1) is 12.3 Å².